The molecule has 0 amide bonds. The van der Waals surface area contributed by atoms with Gasteiger partial charge in [-0.15, -0.1) is 0 Å². The maximum Gasteiger partial charge on any atom is 0.175 e. The number of aromatic amines is 1. The number of sulfone groups is 1. The zero-order valence-corrected chi connectivity index (χ0v) is 16.4. The summed E-state index contributed by atoms with van der Waals surface area (Å²) in [4.78, 5) is 14.7. The summed E-state index contributed by atoms with van der Waals surface area (Å²) < 4.78 is 29.0. The van der Waals surface area contributed by atoms with Gasteiger partial charge in [-0.25, -0.2) is 13.4 Å². The Bertz CT molecular complexity index is 1030. The lowest BCUT2D eigenvalue weighted by atomic mass is 10.1. The molecule has 3 aromatic rings. The first-order chi connectivity index (χ1) is 13.5. The van der Waals surface area contributed by atoms with Crippen molar-refractivity contribution in [3.8, 4) is 11.3 Å². The highest BCUT2D eigenvalue weighted by Crippen LogP contribution is 2.26. The summed E-state index contributed by atoms with van der Waals surface area (Å²) in [5, 5.41) is 0. The SMILES string of the molecule is CS(=O)(=O)c1ccc(CN2CCOC[C@H]2c2ncc(-c3ccncc3)[nH]2)cc1. The van der Waals surface area contributed by atoms with Crippen molar-refractivity contribution < 1.29 is 13.2 Å². The molecule has 0 bridgehead atoms. The Kier molecular flexibility index (Phi) is 5.25. The third-order valence-electron chi connectivity index (χ3n) is 4.88. The van der Waals surface area contributed by atoms with Crippen LogP contribution < -0.4 is 0 Å². The molecule has 0 radical (unpaired) electrons. The number of hydrogen-bond acceptors (Lipinski definition) is 6. The van der Waals surface area contributed by atoms with Crippen LogP contribution >= 0.6 is 0 Å². The summed E-state index contributed by atoms with van der Waals surface area (Å²) >= 11 is 0. The number of H-pyrrole nitrogens is 1. The van der Waals surface area contributed by atoms with Crippen LogP contribution in [0.25, 0.3) is 11.3 Å². The minimum absolute atomic E-state index is 0.0129. The molecular weight excluding hydrogens is 376 g/mol. The van der Waals surface area contributed by atoms with E-state index in [2.05, 4.69) is 19.9 Å². The summed E-state index contributed by atoms with van der Waals surface area (Å²) in [6, 6.07) is 11.0. The monoisotopic (exact) mass is 398 g/mol. The van der Waals surface area contributed by atoms with Crippen LogP contribution in [-0.2, 0) is 21.1 Å². The van der Waals surface area contributed by atoms with Crippen LogP contribution in [0.3, 0.4) is 0 Å². The van der Waals surface area contributed by atoms with Gasteiger partial charge in [0.2, 0.25) is 0 Å². The normalized spacial score (nSPS) is 18.2. The molecule has 28 heavy (non-hydrogen) atoms. The average Bonchev–Trinajstić information content (AvgIpc) is 3.19. The Morgan fingerprint density at radius 3 is 2.64 bits per heavy atom. The lowest BCUT2D eigenvalue weighted by Gasteiger charge is -2.34. The molecule has 2 aromatic heterocycles. The Morgan fingerprint density at radius 1 is 1.18 bits per heavy atom. The topological polar surface area (TPSA) is 88.2 Å². The Morgan fingerprint density at radius 2 is 1.93 bits per heavy atom. The van der Waals surface area contributed by atoms with E-state index >= 15 is 0 Å². The van der Waals surface area contributed by atoms with Crippen molar-refractivity contribution in [2.24, 2.45) is 0 Å². The molecule has 8 heteroatoms. The van der Waals surface area contributed by atoms with Gasteiger partial charge in [-0.2, -0.15) is 0 Å². The minimum atomic E-state index is -3.18. The van der Waals surface area contributed by atoms with Gasteiger partial charge in [0.05, 0.1) is 36.0 Å². The number of hydrogen-bond donors (Lipinski definition) is 1. The highest BCUT2D eigenvalue weighted by molar-refractivity contribution is 7.90. The first-order valence-electron chi connectivity index (χ1n) is 9.07. The van der Waals surface area contributed by atoms with Crippen LogP contribution in [0.2, 0.25) is 0 Å². The van der Waals surface area contributed by atoms with E-state index in [-0.39, 0.29) is 6.04 Å². The number of aromatic nitrogens is 3. The number of rotatable bonds is 5. The van der Waals surface area contributed by atoms with E-state index in [1.165, 1.54) is 6.26 Å². The summed E-state index contributed by atoms with van der Waals surface area (Å²) in [5.41, 5.74) is 3.04. The molecule has 1 N–H and O–H groups in total. The van der Waals surface area contributed by atoms with Gasteiger partial charge in [-0.05, 0) is 29.8 Å². The van der Waals surface area contributed by atoms with E-state index in [0.717, 1.165) is 29.2 Å². The maximum absolute atomic E-state index is 11.6. The molecule has 1 fully saturated rings. The number of nitrogens with one attached hydrogen (secondary N) is 1. The van der Waals surface area contributed by atoms with Crippen molar-refractivity contribution in [1.82, 2.24) is 19.9 Å². The summed E-state index contributed by atoms with van der Waals surface area (Å²) in [6.45, 7) is 2.70. The Hall–Kier alpha value is -2.55. The Labute approximate surface area is 164 Å². The zero-order valence-electron chi connectivity index (χ0n) is 15.6. The number of pyridine rings is 1. The zero-order chi connectivity index (χ0) is 19.6. The third-order valence-corrected chi connectivity index (χ3v) is 6.01. The van der Waals surface area contributed by atoms with E-state index in [1.54, 1.807) is 24.5 Å². The van der Waals surface area contributed by atoms with Crippen molar-refractivity contribution in [3.63, 3.8) is 0 Å². The molecule has 1 aliphatic rings. The van der Waals surface area contributed by atoms with Gasteiger partial charge in [0.25, 0.3) is 0 Å². The van der Waals surface area contributed by atoms with E-state index in [1.807, 2.05) is 30.5 Å². The fourth-order valence-electron chi connectivity index (χ4n) is 3.34. The Balaban J connectivity index is 1.53. The highest BCUT2D eigenvalue weighted by Gasteiger charge is 2.27. The number of ether oxygens (including phenoxy) is 1. The predicted octanol–water partition coefficient (Wildman–Crippen LogP) is 2.45. The van der Waals surface area contributed by atoms with Crippen molar-refractivity contribution in [1.29, 1.82) is 0 Å². The van der Waals surface area contributed by atoms with Gasteiger partial charge in [0, 0.05) is 37.3 Å². The average molecular weight is 398 g/mol. The van der Waals surface area contributed by atoms with Crippen molar-refractivity contribution in [2.45, 2.75) is 17.5 Å². The maximum atomic E-state index is 11.6. The standard InChI is InChI=1S/C20H22N4O3S/c1-28(25,26)17-4-2-15(3-5-17)13-24-10-11-27-14-19(24)20-22-12-18(23-20)16-6-8-21-9-7-16/h2-9,12,19H,10-11,13-14H2,1H3,(H,22,23)/t19-/m0/s1. The summed E-state index contributed by atoms with van der Waals surface area (Å²) in [7, 11) is -3.18. The summed E-state index contributed by atoms with van der Waals surface area (Å²) in [5.74, 6) is 0.860. The van der Waals surface area contributed by atoms with Gasteiger partial charge < -0.3 is 9.72 Å². The molecule has 0 saturated carbocycles. The van der Waals surface area contributed by atoms with Gasteiger partial charge in [-0.1, -0.05) is 12.1 Å². The van der Waals surface area contributed by atoms with E-state index in [0.29, 0.717) is 24.7 Å². The second-order valence-corrected chi connectivity index (χ2v) is 8.91. The second-order valence-electron chi connectivity index (χ2n) is 6.90. The van der Waals surface area contributed by atoms with E-state index in [9.17, 15) is 8.42 Å². The molecule has 146 valence electrons. The smallest absolute Gasteiger partial charge is 0.175 e. The molecule has 0 aliphatic carbocycles. The van der Waals surface area contributed by atoms with Crippen molar-refractivity contribution in [2.75, 3.05) is 26.0 Å². The van der Waals surface area contributed by atoms with E-state index in [4.69, 9.17) is 4.74 Å². The number of morpholine rings is 1. The van der Waals surface area contributed by atoms with E-state index < -0.39 is 9.84 Å². The first kappa shape index (κ1) is 18.8. The molecule has 1 aliphatic heterocycles. The predicted molar refractivity (Wildman–Crippen MR) is 105 cm³/mol. The number of benzene rings is 1. The van der Waals surface area contributed by atoms with Crippen LogP contribution in [0.15, 0.2) is 59.9 Å². The van der Waals surface area contributed by atoms with Crippen molar-refractivity contribution >= 4 is 9.84 Å². The molecular formula is C20H22N4O3S. The van der Waals surface area contributed by atoms with Crippen LogP contribution in [0.5, 0.6) is 0 Å². The van der Waals surface area contributed by atoms with Crippen LogP contribution in [0, 0.1) is 0 Å². The molecule has 1 atom stereocenters. The van der Waals surface area contributed by atoms with Gasteiger partial charge >= 0.3 is 0 Å². The second kappa shape index (κ2) is 7.83. The molecule has 3 heterocycles. The molecule has 0 unspecified atom stereocenters. The van der Waals surface area contributed by atoms with Gasteiger partial charge in [0.15, 0.2) is 9.84 Å². The van der Waals surface area contributed by atoms with Gasteiger partial charge in [0.1, 0.15) is 5.82 Å². The fraction of sp³-hybridized carbons (Fsp3) is 0.300. The minimum Gasteiger partial charge on any atom is -0.378 e. The molecule has 4 rings (SSSR count). The molecule has 0 spiro atoms. The lowest BCUT2D eigenvalue weighted by Crippen LogP contribution is -2.39. The number of nitrogens with zero attached hydrogens (tertiary/aromatic N) is 3. The quantitative estimate of drug-likeness (QED) is 0.710. The fourth-order valence-corrected chi connectivity index (χ4v) is 3.97. The van der Waals surface area contributed by atoms with Gasteiger partial charge in [-0.3, -0.25) is 9.88 Å². The third kappa shape index (κ3) is 4.14. The van der Waals surface area contributed by atoms with Crippen LogP contribution in [0.1, 0.15) is 17.4 Å². The highest BCUT2D eigenvalue weighted by atomic mass is 32.2. The number of imidazole rings is 1. The first-order valence-corrected chi connectivity index (χ1v) is 11.0. The summed E-state index contributed by atoms with van der Waals surface area (Å²) in [6.07, 6.45) is 6.56. The largest absolute Gasteiger partial charge is 0.378 e. The molecule has 7 nitrogen and oxygen atoms in total. The molecule has 1 aromatic carbocycles. The van der Waals surface area contributed by atoms with Crippen LogP contribution in [-0.4, -0.2) is 54.3 Å². The molecule has 1 saturated heterocycles. The van der Waals surface area contributed by atoms with Crippen molar-refractivity contribution in [3.05, 3.63) is 66.4 Å². The lowest BCUT2D eigenvalue weighted by molar-refractivity contribution is -0.0156. The van der Waals surface area contributed by atoms with Crippen LogP contribution in [0.4, 0.5) is 0 Å².